The molecule has 1 saturated heterocycles. The van der Waals surface area contributed by atoms with Gasteiger partial charge in [-0.05, 0) is 62.3 Å². The molecule has 2 aromatic rings. The van der Waals surface area contributed by atoms with Crippen molar-refractivity contribution in [1.82, 2.24) is 14.1 Å². The summed E-state index contributed by atoms with van der Waals surface area (Å²) in [4.78, 5) is 26.8. The fourth-order valence-electron chi connectivity index (χ4n) is 3.83. The molecule has 1 aliphatic rings. The van der Waals surface area contributed by atoms with E-state index in [-0.39, 0.29) is 31.3 Å². The van der Waals surface area contributed by atoms with E-state index in [2.05, 4.69) is 0 Å². The van der Waals surface area contributed by atoms with Crippen molar-refractivity contribution in [1.29, 1.82) is 0 Å². The van der Waals surface area contributed by atoms with Crippen LogP contribution in [0.3, 0.4) is 0 Å². The van der Waals surface area contributed by atoms with Crippen LogP contribution in [0.15, 0.2) is 41.3 Å². The average Bonchev–Trinajstić information content (AvgIpc) is 2.85. The number of likely N-dealkylation sites (N-methyl/N-ethyl adjacent to an activating group) is 1. The average molecular weight is 559 g/mol. The van der Waals surface area contributed by atoms with Crippen LogP contribution >= 0.6 is 11.6 Å². The molecule has 0 bridgehead atoms. The summed E-state index contributed by atoms with van der Waals surface area (Å²) in [5.41, 5.74) is 5.23. The van der Waals surface area contributed by atoms with Crippen LogP contribution in [0.5, 0.6) is 11.5 Å². The molecule has 0 radical (unpaired) electrons. The molecule has 0 aliphatic carbocycles. The summed E-state index contributed by atoms with van der Waals surface area (Å²) in [6, 6.07) is 6.90. The zero-order valence-corrected chi connectivity index (χ0v) is 21.9. The number of carbonyl (C=O) groups excluding carboxylic acids is 2. The number of nitrogens with zero attached hydrogens (tertiary/aromatic N) is 3. The number of primary amides is 1. The summed E-state index contributed by atoms with van der Waals surface area (Å²) >= 11 is 5.79. The Kier molecular flexibility index (Phi) is 9.82. The van der Waals surface area contributed by atoms with E-state index in [1.54, 1.807) is 0 Å². The van der Waals surface area contributed by atoms with E-state index in [0.717, 1.165) is 32.4 Å². The maximum absolute atomic E-state index is 14.8. The van der Waals surface area contributed by atoms with E-state index < -0.39 is 44.8 Å². The molecule has 202 valence electrons. The number of nitrogens with two attached hydrogens (primary N) is 1. The molecule has 9 nitrogen and oxygen atoms in total. The van der Waals surface area contributed by atoms with Crippen LogP contribution in [0.25, 0.3) is 0 Å². The lowest BCUT2D eigenvalue weighted by molar-refractivity contribution is -0.131. The van der Waals surface area contributed by atoms with Gasteiger partial charge in [0.25, 0.3) is 0 Å². The Morgan fingerprint density at radius 3 is 2.22 bits per heavy atom. The third kappa shape index (κ3) is 7.84. The van der Waals surface area contributed by atoms with E-state index in [0.29, 0.717) is 21.5 Å². The minimum absolute atomic E-state index is 0.0537. The molecule has 0 aromatic heterocycles. The second kappa shape index (κ2) is 12.6. The number of hydrogen-bond donors (Lipinski definition) is 1. The number of likely N-dealkylation sites (tertiary alicyclic amines) is 1. The highest BCUT2D eigenvalue weighted by Gasteiger charge is 2.29. The number of carbonyl (C=O) groups is 2. The fourth-order valence-corrected chi connectivity index (χ4v) is 5.37. The van der Waals surface area contributed by atoms with Gasteiger partial charge in [0.1, 0.15) is 5.75 Å². The van der Waals surface area contributed by atoms with Crippen LogP contribution in [-0.4, -0.2) is 80.7 Å². The maximum atomic E-state index is 14.8. The topological polar surface area (TPSA) is 113 Å². The maximum Gasteiger partial charge on any atom is 0.243 e. The van der Waals surface area contributed by atoms with Crippen molar-refractivity contribution in [2.24, 2.45) is 5.73 Å². The summed E-state index contributed by atoms with van der Waals surface area (Å²) in [7, 11) is -3.04. The van der Waals surface area contributed by atoms with E-state index >= 15 is 0 Å². The van der Waals surface area contributed by atoms with Crippen molar-refractivity contribution < 1.29 is 31.5 Å². The van der Waals surface area contributed by atoms with Crippen molar-refractivity contribution in [3.05, 3.63) is 53.1 Å². The minimum Gasteiger partial charge on any atom is -0.451 e. The zero-order chi connectivity index (χ0) is 27.2. The quantitative estimate of drug-likeness (QED) is 0.454. The highest BCUT2D eigenvalue weighted by Crippen LogP contribution is 2.31. The molecule has 0 atom stereocenters. The van der Waals surface area contributed by atoms with Crippen molar-refractivity contribution in [3.8, 4) is 11.5 Å². The lowest BCUT2D eigenvalue weighted by Gasteiger charge is -2.29. The van der Waals surface area contributed by atoms with Gasteiger partial charge < -0.3 is 15.4 Å². The Balaban J connectivity index is 1.74. The standard InChI is InChI=1S/C24H29ClF2N4O5S/c1-29(23(33)16-30-9-3-2-4-10-30)11-12-31(15-22(28)32)37(34,35)19-13-20(26)24(21(27)14-19)36-18-7-5-17(25)6-8-18/h5-8,13-14H,2-4,9-12,15-16H2,1H3,(H2,28,32). The van der Waals surface area contributed by atoms with Gasteiger partial charge in [-0.15, -0.1) is 0 Å². The molecule has 0 spiro atoms. The van der Waals surface area contributed by atoms with Gasteiger partial charge in [-0.3, -0.25) is 14.5 Å². The van der Waals surface area contributed by atoms with Gasteiger partial charge in [-0.2, -0.15) is 4.31 Å². The molecule has 2 amide bonds. The first kappa shape index (κ1) is 28.8. The molecular formula is C24H29ClF2N4O5S. The Morgan fingerprint density at radius 2 is 1.65 bits per heavy atom. The number of piperidine rings is 1. The second-order valence-corrected chi connectivity index (χ2v) is 11.1. The van der Waals surface area contributed by atoms with Gasteiger partial charge in [0, 0.05) is 25.2 Å². The van der Waals surface area contributed by atoms with Gasteiger partial charge in [0.15, 0.2) is 17.4 Å². The molecule has 1 fully saturated rings. The van der Waals surface area contributed by atoms with Crippen molar-refractivity contribution >= 4 is 33.4 Å². The number of sulfonamides is 1. The van der Waals surface area contributed by atoms with Crippen molar-refractivity contribution in [3.63, 3.8) is 0 Å². The van der Waals surface area contributed by atoms with Gasteiger partial charge in [-0.1, -0.05) is 18.0 Å². The van der Waals surface area contributed by atoms with Gasteiger partial charge >= 0.3 is 0 Å². The molecule has 1 aliphatic heterocycles. The highest BCUT2D eigenvalue weighted by molar-refractivity contribution is 7.89. The SMILES string of the molecule is CN(CCN(CC(N)=O)S(=O)(=O)c1cc(F)c(Oc2ccc(Cl)cc2)c(F)c1)C(=O)CN1CCCCC1. The minimum atomic E-state index is -4.55. The lowest BCUT2D eigenvalue weighted by Crippen LogP contribution is -2.45. The predicted octanol–water partition coefficient (Wildman–Crippen LogP) is 2.83. The Morgan fingerprint density at radius 1 is 1.05 bits per heavy atom. The molecule has 13 heteroatoms. The fraction of sp³-hybridized carbons (Fsp3) is 0.417. The van der Waals surface area contributed by atoms with Crippen LogP contribution in [0.4, 0.5) is 8.78 Å². The number of rotatable bonds is 11. The van der Waals surface area contributed by atoms with E-state index in [1.807, 2.05) is 4.90 Å². The Bertz CT molecular complexity index is 1200. The van der Waals surface area contributed by atoms with Crippen molar-refractivity contribution in [2.75, 3.05) is 46.3 Å². The monoisotopic (exact) mass is 558 g/mol. The number of ether oxygens (including phenoxy) is 1. The lowest BCUT2D eigenvalue weighted by atomic mass is 10.1. The van der Waals surface area contributed by atoms with Crippen LogP contribution in [0.1, 0.15) is 19.3 Å². The molecule has 0 saturated carbocycles. The molecule has 1 heterocycles. The van der Waals surface area contributed by atoms with Gasteiger partial charge in [0.2, 0.25) is 21.8 Å². The third-order valence-corrected chi connectivity index (χ3v) is 7.97. The van der Waals surface area contributed by atoms with Crippen LogP contribution in [-0.2, 0) is 19.6 Å². The Labute approximate surface area is 219 Å². The first-order valence-electron chi connectivity index (χ1n) is 11.6. The third-order valence-electron chi connectivity index (χ3n) is 5.89. The zero-order valence-electron chi connectivity index (χ0n) is 20.3. The second-order valence-electron chi connectivity index (χ2n) is 8.73. The van der Waals surface area contributed by atoms with Crippen LogP contribution < -0.4 is 10.5 Å². The van der Waals surface area contributed by atoms with Gasteiger partial charge in [0.05, 0.1) is 18.0 Å². The Hall–Kier alpha value is -2.80. The van der Waals surface area contributed by atoms with E-state index in [9.17, 15) is 26.8 Å². The van der Waals surface area contributed by atoms with E-state index in [4.69, 9.17) is 22.1 Å². The molecule has 3 rings (SSSR count). The van der Waals surface area contributed by atoms with Crippen molar-refractivity contribution in [2.45, 2.75) is 24.2 Å². The summed E-state index contributed by atoms with van der Waals surface area (Å²) in [6.07, 6.45) is 3.15. The first-order chi connectivity index (χ1) is 17.5. The van der Waals surface area contributed by atoms with Crippen LogP contribution in [0.2, 0.25) is 5.02 Å². The van der Waals surface area contributed by atoms with E-state index in [1.165, 1.54) is 36.2 Å². The molecular weight excluding hydrogens is 530 g/mol. The molecule has 37 heavy (non-hydrogen) atoms. The smallest absolute Gasteiger partial charge is 0.243 e. The first-order valence-corrected chi connectivity index (χ1v) is 13.5. The van der Waals surface area contributed by atoms with Crippen LogP contribution in [0, 0.1) is 11.6 Å². The summed E-state index contributed by atoms with van der Waals surface area (Å²) in [5, 5.41) is 0.392. The number of hydrogen-bond acceptors (Lipinski definition) is 6. The number of amides is 2. The number of halogens is 3. The number of benzene rings is 2. The van der Waals surface area contributed by atoms with Gasteiger partial charge in [-0.25, -0.2) is 17.2 Å². The molecule has 2 aromatic carbocycles. The summed E-state index contributed by atoms with van der Waals surface area (Å²) in [5.74, 6) is -4.41. The summed E-state index contributed by atoms with van der Waals surface area (Å²) < 4.78 is 61.8. The molecule has 0 unspecified atom stereocenters. The predicted molar refractivity (Wildman–Crippen MR) is 134 cm³/mol. The molecule has 2 N–H and O–H groups in total. The highest BCUT2D eigenvalue weighted by atomic mass is 35.5. The largest absolute Gasteiger partial charge is 0.451 e. The normalized spacial score (nSPS) is 14.5. The summed E-state index contributed by atoms with van der Waals surface area (Å²) in [6.45, 7) is 0.738.